The number of hydrogen-bond acceptors (Lipinski definition) is 4. The third-order valence-electron chi connectivity index (χ3n) is 5.11. The van der Waals surface area contributed by atoms with Crippen LogP contribution in [0, 0.1) is 11.8 Å². The first-order chi connectivity index (χ1) is 12.3. The number of esters is 1. The lowest BCUT2D eigenvalue weighted by molar-refractivity contribution is -0.130. The fourth-order valence-corrected chi connectivity index (χ4v) is 3.30. The highest BCUT2D eigenvalue weighted by Crippen LogP contribution is 2.29. The zero-order valence-electron chi connectivity index (χ0n) is 15.9. The monoisotopic (exact) mass is 360 g/mol. The Morgan fingerprint density at radius 3 is 2.62 bits per heavy atom. The minimum Gasteiger partial charge on any atom is -0.449 e. The van der Waals surface area contributed by atoms with Gasteiger partial charge in [0.15, 0.2) is 6.10 Å². The van der Waals surface area contributed by atoms with Crippen molar-refractivity contribution in [3.63, 3.8) is 0 Å². The van der Waals surface area contributed by atoms with Gasteiger partial charge in [0.2, 0.25) is 5.91 Å². The van der Waals surface area contributed by atoms with E-state index in [4.69, 9.17) is 4.74 Å². The number of ether oxygens (including phenoxy) is 1. The summed E-state index contributed by atoms with van der Waals surface area (Å²) < 4.78 is 5.30. The minimum absolute atomic E-state index is 0.121. The van der Waals surface area contributed by atoms with Crippen molar-refractivity contribution in [2.75, 3.05) is 5.32 Å². The Morgan fingerprint density at radius 1 is 1.19 bits per heavy atom. The van der Waals surface area contributed by atoms with Crippen molar-refractivity contribution in [1.82, 2.24) is 5.32 Å². The van der Waals surface area contributed by atoms with E-state index < -0.39 is 12.1 Å². The maximum absolute atomic E-state index is 12.4. The van der Waals surface area contributed by atoms with Gasteiger partial charge in [0, 0.05) is 18.7 Å². The van der Waals surface area contributed by atoms with Gasteiger partial charge in [-0.15, -0.1) is 0 Å². The summed E-state index contributed by atoms with van der Waals surface area (Å²) in [5, 5.41) is 5.63. The largest absolute Gasteiger partial charge is 0.449 e. The molecule has 0 aliphatic heterocycles. The van der Waals surface area contributed by atoms with Gasteiger partial charge >= 0.3 is 5.97 Å². The summed E-state index contributed by atoms with van der Waals surface area (Å²) in [5.74, 6) is -0.111. The zero-order chi connectivity index (χ0) is 19.3. The van der Waals surface area contributed by atoms with Gasteiger partial charge in [-0.25, -0.2) is 4.79 Å². The van der Waals surface area contributed by atoms with E-state index in [0.29, 0.717) is 17.5 Å². The van der Waals surface area contributed by atoms with Gasteiger partial charge in [-0.3, -0.25) is 9.59 Å². The lowest BCUT2D eigenvalue weighted by atomic mass is 9.78. The molecule has 1 aromatic rings. The molecule has 0 aromatic heterocycles. The maximum Gasteiger partial charge on any atom is 0.338 e. The average molecular weight is 360 g/mol. The summed E-state index contributed by atoms with van der Waals surface area (Å²) in [7, 11) is 0. The fraction of sp³-hybridized carbons (Fsp3) is 0.550. The molecule has 2 amide bonds. The van der Waals surface area contributed by atoms with E-state index in [1.807, 2.05) is 0 Å². The number of hydrogen-bond donors (Lipinski definition) is 2. The van der Waals surface area contributed by atoms with Crippen LogP contribution in [-0.4, -0.2) is 29.9 Å². The van der Waals surface area contributed by atoms with Crippen LogP contribution in [0.4, 0.5) is 5.69 Å². The highest BCUT2D eigenvalue weighted by Gasteiger charge is 2.30. The van der Waals surface area contributed by atoms with Crippen molar-refractivity contribution in [1.29, 1.82) is 0 Å². The van der Waals surface area contributed by atoms with Crippen molar-refractivity contribution >= 4 is 23.5 Å². The fourth-order valence-electron chi connectivity index (χ4n) is 3.30. The smallest absolute Gasteiger partial charge is 0.338 e. The second-order valence-electron chi connectivity index (χ2n) is 7.19. The molecule has 2 rings (SSSR count). The Hall–Kier alpha value is -2.37. The van der Waals surface area contributed by atoms with Crippen LogP contribution in [0.15, 0.2) is 24.3 Å². The molecule has 2 N–H and O–H groups in total. The lowest BCUT2D eigenvalue weighted by Crippen LogP contribution is -2.47. The summed E-state index contributed by atoms with van der Waals surface area (Å²) in [6.07, 6.45) is 2.36. The van der Waals surface area contributed by atoms with Crippen LogP contribution in [-0.2, 0) is 14.3 Å². The SMILES string of the molecule is CC(=O)Nc1cccc(C(=O)O[C@H](C)C(=O)N[C@@H]2CCC[C@H](C)[C@H]2C)c1. The quantitative estimate of drug-likeness (QED) is 0.790. The van der Waals surface area contributed by atoms with Crippen LogP contribution in [0.1, 0.15) is 57.3 Å². The molecule has 0 unspecified atom stereocenters. The molecule has 6 nitrogen and oxygen atoms in total. The highest BCUT2D eigenvalue weighted by atomic mass is 16.5. The first-order valence-corrected chi connectivity index (χ1v) is 9.17. The molecule has 0 radical (unpaired) electrons. The van der Waals surface area contributed by atoms with E-state index in [1.165, 1.54) is 19.4 Å². The second kappa shape index (κ2) is 8.83. The van der Waals surface area contributed by atoms with Gasteiger partial charge in [-0.1, -0.05) is 32.8 Å². The molecule has 1 fully saturated rings. The lowest BCUT2D eigenvalue weighted by Gasteiger charge is -2.35. The number of benzene rings is 1. The normalized spacial score (nSPS) is 23.6. The summed E-state index contributed by atoms with van der Waals surface area (Å²) in [6, 6.07) is 6.57. The van der Waals surface area contributed by atoms with Crippen LogP contribution >= 0.6 is 0 Å². The summed E-state index contributed by atoms with van der Waals surface area (Å²) >= 11 is 0. The Kier molecular flexibility index (Phi) is 6.77. The topological polar surface area (TPSA) is 84.5 Å². The van der Waals surface area contributed by atoms with Crippen LogP contribution < -0.4 is 10.6 Å². The van der Waals surface area contributed by atoms with Crippen LogP contribution in [0.5, 0.6) is 0 Å². The molecular formula is C20H28N2O4. The number of carbonyl (C=O) groups is 3. The average Bonchev–Trinajstić information content (AvgIpc) is 2.58. The zero-order valence-corrected chi connectivity index (χ0v) is 15.9. The van der Waals surface area contributed by atoms with E-state index in [1.54, 1.807) is 25.1 Å². The van der Waals surface area contributed by atoms with E-state index in [2.05, 4.69) is 24.5 Å². The number of rotatable bonds is 5. The molecule has 0 saturated heterocycles. The van der Waals surface area contributed by atoms with Crippen molar-refractivity contribution in [2.24, 2.45) is 11.8 Å². The van der Waals surface area contributed by atoms with Crippen molar-refractivity contribution in [3.8, 4) is 0 Å². The number of carbonyl (C=O) groups excluding carboxylic acids is 3. The second-order valence-corrected chi connectivity index (χ2v) is 7.19. The van der Waals surface area contributed by atoms with Crippen molar-refractivity contribution in [3.05, 3.63) is 29.8 Å². The molecule has 142 valence electrons. The molecule has 0 heterocycles. The highest BCUT2D eigenvalue weighted by molar-refractivity contribution is 5.95. The van der Waals surface area contributed by atoms with Crippen LogP contribution in [0.2, 0.25) is 0 Å². The summed E-state index contributed by atoms with van der Waals surface area (Å²) in [5.41, 5.74) is 0.796. The van der Waals surface area contributed by atoms with E-state index in [9.17, 15) is 14.4 Å². The van der Waals surface area contributed by atoms with E-state index in [-0.39, 0.29) is 23.4 Å². The van der Waals surface area contributed by atoms with Crippen LogP contribution in [0.3, 0.4) is 0 Å². The molecule has 6 heteroatoms. The van der Waals surface area contributed by atoms with Gasteiger partial charge in [-0.05, 0) is 43.4 Å². The molecule has 1 aliphatic carbocycles. The van der Waals surface area contributed by atoms with Gasteiger partial charge in [-0.2, -0.15) is 0 Å². The molecule has 0 spiro atoms. The molecule has 0 bridgehead atoms. The first kappa shape index (κ1) is 19.9. The Morgan fingerprint density at radius 2 is 1.92 bits per heavy atom. The Bertz CT molecular complexity index is 674. The molecule has 1 aliphatic rings. The molecule has 26 heavy (non-hydrogen) atoms. The molecule has 1 saturated carbocycles. The Balaban J connectivity index is 1.93. The predicted octanol–water partition coefficient (Wildman–Crippen LogP) is 3.13. The van der Waals surface area contributed by atoms with Gasteiger partial charge in [0.05, 0.1) is 5.56 Å². The number of anilines is 1. The predicted molar refractivity (Wildman–Crippen MR) is 99.7 cm³/mol. The minimum atomic E-state index is -0.878. The Labute approximate surface area is 154 Å². The van der Waals surface area contributed by atoms with E-state index >= 15 is 0 Å². The van der Waals surface area contributed by atoms with E-state index in [0.717, 1.165) is 12.8 Å². The summed E-state index contributed by atoms with van der Waals surface area (Å²) in [6.45, 7) is 7.32. The third kappa shape index (κ3) is 5.31. The van der Waals surface area contributed by atoms with Crippen LogP contribution in [0.25, 0.3) is 0 Å². The molecule has 4 atom stereocenters. The van der Waals surface area contributed by atoms with Crippen molar-refractivity contribution in [2.45, 2.75) is 59.1 Å². The van der Waals surface area contributed by atoms with Gasteiger partial charge < -0.3 is 15.4 Å². The van der Waals surface area contributed by atoms with Crippen molar-refractivity contribution < 1.29 is 19.1 Å². The maximum atomic E-state index is 12.4. The molecular weight excluding hydrogens is 332 g/mol. The first-order valence-electron chi connectivity index (χ1n) is 9.17. The third-order valence-corrected chi connectivity index (χ3v) is 5.11. The molecule has 1 aromatic carbocycles. The standard InChI is InChI=1S/C20H28N2O4/c1-12-7-5-10-18(13(12)2)22-19(24)14(3)26-20(25)16-8-6-9-17(11-16)21-15(4)23/h6,8-9,11-14,18H,5,7,10H2,1-4H3,(H,21,23)(H,22,24)/t12-,13+,14+,18+/m0/s1. The van der Waals surface area contributed by atoms with Gasteiger partial charge in [0.1, 0.15) is 0 Å². The summed E-state index contributed by atoms with van der Waals surface area (Å²) in [4.78, 5) is 35.8. The number of amides is 2. The van der Waals surface area contributed by atoms with Gasteiger partial charge in [0.25, 0.3) is 5.91 Å². The number of nitrogens with one attached hydrogen (secondary N) is 2.